The number of anilines is 1. The zero-order valence-corrected chi connectivity index (χ0v) is 27.5. The van der Waals surface area contributed by atoms with E-state index in [0.29, 0.717) is 45.8 Å². The maximum Gasteiger partial charge on any atom is 0.305 e. The highest BCUT2D eigenvalue weighted by Crippen LogP contribution is 2.37. The number of nitrogens with one attached hydrogen (secondary N) is 1. The monoisotopic (exact) mass is 690 g/mol. The van der Waals surface area contributed by atoms with Gasteiger partial charge in [0.25, 0.3) is 0 Å². The molecule has 4 rings (SSSR count). The largest absolute Gasteiger partial charge is 0.490 e. The first-order valence-corrected chi connectivity index (χ1v) is 16.6. The normalized spacial score (nSPS) is 11.3. The van der Waals surface area contributed by atoms with Gasteiger partial charge in [0.1, 0.15) is 52.5 Å². The molecule has 12 nitrogen and oxygen atoms in total. The lowest BCUT2D eigenvalue weighted by Gasteiger charge is -2.14. The number of halogens is 1. The molecule has 0 saturated heterocycles. The molecule has 0 bridgehead atoms. The van der Waals surface area contributed by atoms with Crippen molar-refractivity contribution in [3.63, 3.8) is 0 Å². The molecule has 2 aromatic carbocycles. The Morgan fingerprint density at radius 3 is 2.40 bits per heavy atom. The van der Waals surface area contributed by atoms with Crippen molar-refractivity contribution < 1.29 is 19.1 Å². The number of benzene rings is 2. The molecule has 2 aromatic heterocycles. The fraction of sp³-hybridized carbons (Fsp3) is 0.250. The molecule has 47 heavy (non-hydrogen) atoms. The van der Waals surface area contributed by atoms with Crippen LogP contribution in [0.25, 0.3) is 21.7 Å². The number of hydrogen-bond acceptors (Lipinski definition) is 13. The van der Waals surface area contributed by atoms with Gasteiger partial charge in [0.05, 0.1) is 17.3 Å². The molecule has 1 amide bonds. The van der Waals surface area contributed by atoms with E-state index in [4.69, 9.17) is 43.3 Å². The molecule has 0 aliphatic heterocycles. The van der Waals surface area contributed by atoms with Crippen LogP contribution in [0.5, 0.6) is 5.75 Å². The van der Waals surface area contributed by atoms with Gasteiger partial charge in [-0.25, -0.2) is 9.97 Å². The van der Waals surface area contributed by atoms with Crippen LogP contribution in [0.4, 0.5) is 5.82 Å². The van der Waals surface area contributed by atoms with E-state index in [1.165, 1.54) is 23.1 Å². The number of aromatic nitrogens is 2. The van der Waals surface area contributed by atoms with Crippen molar-refractivity contribution in [3.8, 4) is 39.6 Å². The minimum Gasteiger partial charge on any atom is -0.490 e. The number of hydrogen-bond donors (Lipinski definition) is 4. The van der Waals surface area contributed by atoms with Gasteiger partial charge in [0, 0.05) is 46.8 Å². The molecular weight excluding hydrogens is 660 g/mol. The Balaban J connectivity index is 1.37. The summed E-state index contributed by atoms with van der Waals surface area (Å²) in [5.74, 6) is 0.0636. The van der Waals surface area contributed by atoms with E-state index >= 15 is 0 Å². The molecule has 7 N–H and O–H groups in total. The quantitative estimate of drug-likeness (QED) is 0.0782. The average molecular weight is 691 g/mol. The second-order valence-electron chi connectivity index (χ2n) is 9.91. The number of nitrogens with two attached hydrogens (primary N) is 3. The predicted octanol–water partition coefficient (Wildman–Crippen LogP) is 4.25. The van der Waals surface area contributed by atoms with Crippen molar-refractivity contribution in [1.82, 2.24) is 15.3 Å². The molecule has 0 spiro atoms. The molecule has 1 atom stereocenters. The number of amides is 1. The van der Waals surface area contributed by atoms with Crippen LogP contribution in [0.3, 0.4) is 0 Å². The van der Waals surface area contributed by atoms with Gasteiger partial charge in [0.2, 0.25) is 5.91 Å². The highest BCUT2D eigenvalue weighted by molar-refractivity contribution is 7.98. The van der Waals surface area contributed by atoms with Crippen molar-refractivity contribution in [2.75, 3.05) is 32.0 Å². The van der Waals surface area contributed by atoms with Crippen LogP contribution in [-0.2, 0) is 20.1 Å². The Hall–Kier alpha value is -4.70. The van der Waals surface area contributed by atoms with E-state index < -0.39 is 12.0 Å². The SMILES string of the molecule is N#Cc1c(N)nc(SCc2csc(-c3ccc(Cl)cc3)n2)c(C#N)c1-c1ccc(OCCOC(=O)CC[C@@H](N)C(=O)NCCN)cc1. The summed E-state index contributed by atoms with van der Waals surface area (Å²) in [6, 6.07) is 17.7. The summed E-state index contributed by atoms with van der Waals surface area (Å²) in [7, 11) is 0. The van der Waals surface area contributed by atoms with Gasteiger partial charge in [-0.1, -0.05) is 47.6 Å². The number of nitriles is 2. The maximum atomic E-state index is 12.0. The van der Waals surface area contributed by atoms with Crippen molar-refractivity contribution in [1.29, 1.82) is 10.5 Å². The van der Waals surface area contributed by atoms with Gasteiger partial charge in [-0.3, -0.25) is 9.59 Å². The molecule has 0 unspecified atom stereocenters. The van der Waals surface area contributed by atoms with E-state index in [9.17, 15) is 20.1 Å². The number of carbonyl (C=O) groups excluding carboxylic acids is 2. The van der Waals surface area contributed by atoms with Crippen molar-refractivity contribution in [3.05, 3.63) is 75.8 Å². The third-order valence-corrected chi connectivity index (χ3v) is 8.81. The first kappa shape index (κ1) is 35.2. The Morgan fingerprint density at radius 1 is 1.02 bits per heavy atom. The fourth-order valence-corrected chi connectivity index (χ4v) is 6.21. The maximum absolute atomic E-state index is 12.0. The number of pyridine rings is 1. The van der Waals surface area contributed by atoms with Gasteiger partial charge in [-0.2, -0.15) is 10.5 Å². The van der Waals surface area contributed by atoms with E-state index in [1.807, 2.05) is 29.6 Å². The van der Waals surface area contributed by atoms with Gasteiger partial charge in [0.15, 0.2) is 0 Å². The third-order valence-electron chi connectivity index (χ3n) is 6.61. The second kappa shape index (κ2) is 17.3. The zero-order valence-electron chi connectivity index (χ0n) is 25.1. The summed E-state index contributed by atoms with van der Waals surface area (Å²) < 4.78 is 10.8. The smallest absolute Gasteiger partial charge is 0.305 e. The van der Waals surface area contributed by atoms with Crippen molar-refractivity contribution in [2.45, 2.75) is 29.7 Å². The molecule has 0 saturated carbocycles. The van der Waals surface area contributed by atoms with E-state index in [0.717, 1.165) is 16.3 Å². The van der Waals surface area contributed by atoms with Gasteiger partial charge in [-0.05, 0) is 36.2 Å². The van der Waals surface area contributed by atoms with E-state index in [-0.39, 0.29) is 48.9 Å². The summed E-state index contributed by atoms with van der Waals surface area (Å²) in [6.45, 7) is 0.687. The number of esters is 1. The second-order valence-corrected chi connectivity index (χ2v) is 12.2. The molecule has 0 radical (unpaired) electrons. The minimum absolute atomic E-state index is 0.00595. The molecular formula is C32H31ClN8O4S2. The predicted molar refractivity (Wildman–Crippen MR) is 181 cm³/mol. The van der Waals surface area contributed by atoms with Crippen LogP contribution in [0.15, 0.2) is 58.9 Å². The van der Waals surface area contributed by atoms with Gasteiger partial charge >= 0.3 is 5.97 Å². The van der Waals surface area contributed by atoms with Crippen molar-refractivity contribution in [2.24, 2.45) is 11.5 Å². The number of ether oxygens (including phenoxy) is 2. The highest BCUT2D eigenvalue weighted by atomic mass is 35.5. The lowest BCUT2D eigenvalue weighted by molar-refractivity contribution is -0.144. The topological polar surface area (TPSA) is 216 Å². The Bertz CT molecular complexity index is 1790. The van der Waals surface area contributed by atoms with Crippen LogP contribution in [-0.4, -0.2) is 54.2 Å². The zero-order chi connectivity index (χ0) is 33.8. The van der Waals surface area contributed by atoms with Crippen molar-refractivity contribution >= 4 is 52.4 Å². The summed E-state index contributed by atoms with van der Waals surface area (Å²) in [4.78, 5) is 32.8. The molecule has 15 heteroatoms. The molecule has 0 aliphatic rings. The van der Waals surface area contributed by atoms with Gasteiger partial charge < -0.3 is 32.0 Å². The molecule has 0 fully saturated rings. The number of nitrogen functional groups attached to an aromatic ring is 1. The number of carbonyl (C=O) groups is 2. The van der Waals surface area contributed by atoms with E-state index in [2.05, 4.69) is 22.4 Å². The van der Waals surface area contributed by atoms with Crippen LogP contribution in [0, 0.1) is 22.7 Å². The third kappa shape index (κ3) is 9.65. The molecule has 2 heterocycles. The fourth-order valence-electron chi connectivity index (χ4n) is 4.27. The number of nitrogens with zero attached hydrogens (tertiary/aromatic N) is 4. The van der Waals surface area contributed by atoms with Gasteiger partial charge in [-0.15, -0.1) is 11.3 Å². The number of thioether (sulfide) groups is 1. The molecule has 242 valence electrons. The number of thiazole rings is 1. The highest BCUT2D eigenvalue weighted by Gasteiger charge is 2.21. The summed E-state index contributed by atoms with van der Waals surface area (Å²) >= 11 is 8.81. The first-order chi connectivity index (χ1) is 22.7. The first-order valence-electron chi connectivity index (χ1n) is 14.3. The standard InChI is InChI=1S/C32H31ClN8O4S2/c33-21-5-1-20(2-6-21)31-40-22(17-46-31)18-47-32-25(16-36)28(24(15-35)29(38)41-32)19-3-7-23(8-4-19)44-13-14-45-27(42)10-9-26(37)30(43)39-12-11-34/h1-8,17,26H,9-14,18,34,37H2,(H2,38,41)(H,39,43)/t26-/m1/s1. The summed E-state index contributed by atoms with van der Waals surface area (Å²) in [6.07, 6.45) is 0.126. The van der Waals surface area contributed by atoms with Crippen LogP contribution in [0.1, 0.15) is 29.7 Å². The summed E-state index contributed by atoms with van der Waals surface area (Å²) in [5, 5.41) is 26.4. The minimum atomic E-state index is -0.829. The van der Waals surface area contributed by atoms with Crippen LogP contribution < -0.4 is 27.3 Å². The average Bonchev–Trinajstić information content (AvgIpc) is 3.56. The number of rotatable bonds is 15. The lowest BCUT2D eigenvalue weighted by Crippen LogP contribution is -2.42. The Kier molecular flexibility index (Phi) is 12.9. The van der Waals surface area contributed by atoms with E-state index in [1.54, 1.807) is 24.3 Å². The summed E-state index contributed by atoms with van der Waals surface area (Å²) in [5.41, 5.74) is 20.3. The Morgan fingerprint density at radius 2 is 1.72 bits per heavy atom. The van der Waals surface area contributed by atoms with Crippen LogP contribution in [0.2, 0.25) is 5.02 Å². The Labute approximate surface area is 284 Å². The lowest BCUT2D eigenvalue weighted by atomic mass is 9.97. The molecule has 0 aliphatic carbocycles. The molecule has 4 aromatic rings. The van der Waals surface area contributed by atoms with Crippen LogP contribution >= 0.6 is 34.7 Å².